The van der Waals surface area contributed by atoms with Crippen LogP contribution in [0.15, 0.2) is 61.1 Å². The monoisotopic (exact) mass is 459 g/mol. The van der Waals surface area contributed by atoms with E-state index in [-0.39, 0.29) is 5.56 Å². The largest absolute Gasteiger partial charge is 0.490 e. The second-order valence-electron chi connectivity index (χ2n) is 6.60. The van der Waals surface area contributed by atoms with Crippen molar-refractivity contribution in [2.45, 2.75) is 6.18 Å². The number of rotatable bonds is 4. The van der Waals surface area contributed by atoms with Crippen LogP contribution in [0.2, 0.25) is 0 Å². The van der Waals surface area contributed by atoms with Gasteiger partial charge in [0.05, 0.1) is 12.7 Å². The number of nitrogens with zero attached hydrogens (tertiary/aromatic N) is 2. The summed E-state index contributed by atoms with van der Waals surface area (Å²) < 4.78 is 36.8. The molecule has 0 aliphatic carbocycles. The number of benzene rings is 1. The smallest absolute Gasteiger partial charge is 0.481 e. The quantitative estimate of drug-likeness (QED) is 0.406. The number of carboxylic acids is 2. The maximum Gasteiger partial charge on any atom is 0.490 e. The fourth-order valence-corrected chi connectivity index (χ4v) is 2.86. The van der Waals surface area contributed by atoms with Gasteiger partial charge in [-0.15, -0.1) is 0 Å². The van der Waals surface area contributed by atoms with Crippen LogP contribution in [-0.2, 0) is 4.79 Å². The van der Waals surface area contributed by atoms with Gasteiger partial charge in [0.25, 0.3) is 0 Å². The fraction of sp³-hybridized carbons (Fsp3) is 0.0909. The zero-order valence-electron chi connectivity index (χ0n) is 16.9. The number of carbonyl (C=O) groups is 2. The average Bonchev–Trinajstić information content (AvgIpc) is 3.22. The van der Waals surface area contributed by atoms with Gasteiger partial charge in [0.2, 0.25) is 5.88 Å². The SMILES string of the molecule is COc1ccc(-c2cnc3[nH]cc(-c4ccc(C(=O)O)cc4)c3c2)cn1.O=C(O)C(F)(F)F. The van der Waals surface area contributed by atoms with Crippen molar-refractivity contribution >= 4 is 23.0 Å². The van der Waals surface area contributed by atoms with Gasteiger partial charge in [-0.25, -0.2) is 19.6 Å². The summed E-state index contributed by atoms with van der Waals surface area (Å²) in [6, 6.07) is 12.6. The van der Waals surface area contributed by atoms with Crippen molar-refractivity contribution < 1.29 is 37.7 Å². The Kier molecular flexibility index (Phi) is 6.61. The van der Waals surface area contributed by atoms with Crippen LogP contribution in [0.4, 0.5) is 13.2 Å². The number of hydrogen-bond donors (Lipinski definition) is 3. The third-order valence-electron chi connectivity index (χ3n) is 4.50. The molecule has 0 saturated carbocycles. The third-order valence-corrected chi connectivity index (χ3v) is 4.50. The second-order valence-corrected chi connectivity index (χ2v) is 6.60. The second kappa shape index (κ2) is 9.39. The van der Waals surface area contributed by atoms with Crippen LogP contribution >= 0.6 is 0 Å². The Hall–Kier alpha value is -4.41. The minimum atomic E-state index is -5.08. The molecule has 4 aromatic rings. The summed E-state index contributed by atoms with van der Waals surface area (Å²) >= 11 is 0. The number of hydrogen-bond acceptors (Lipinski definition) is 5. The highest BCUT2D eigenvalue weighted by molar-refractivity contribution is 5.96. The molecule has 3 heterocycles. The lowest BCUT2D eigenvalue weighted by Crippen LogP contribution is -2.21. The summed E-state index contributed by atoms with van der Waals surface area (Å²) in [6.45, 7) is 0. The van der Waals surface area contributed by atoms with E-state index in [2.05, 4.69) is 15.0 Å². The van der Waals surface area contributed by atoms with Gasteiger partial charge in [0, 0.05) is 46.7 Å². The molecule has 170 valence electrons. The summed E-state index contributed by atoms with van der Waals surface area (Å²) in [7, 11) is 1.58. The van der Waals surface area contributed by atoms with Gasteiger partial charge in [0.15, 0.2) is 0 Å². The Bertz CT molecular complexity index is 1280. The molecule has 0 saturated heterocycles. The van der Waals surface area contributed by atoms with Crippen molar-refractivity contribution in [3.63, 3.8) is 0 Å². The molecule has 0 spiro atoms. The first-order valence-corrected chi connectivity index (χ1v) is 9.21. The van der Waals surface area contributed by atoms with E-state index >= 15 is 0 Å². The molecule has 0 radical (unpaired) electrons. The standard InChI is InChI=1S/C20H15N3O3.C2HF3O2/c1-26-18-7-6-14(9-21-18)15-8-16-17(11-23-19(16)22-10-15)12-2-4-13(5-3-12)20(24)25;3-2(4,5)1(6)7/h2-11H,1H3,(H,22,23)(H,24,25);(H,6,7). The first-order valence-electron chi connectivity index (χ1n) is 9.21. The van der Waals surface area contributed by atoms with Gasteiger partial charge in [-0.2, -0.15) is 13.2 Å². The number of nitrogens with one attached hydrogen (secondary N) is 1. The molecule has 0 fully saturated rings. The van der Waals surface area contributed by atoms with Crippen LogP contribution in [0.5, 0.6) is 5.88 Å². The maximum absolute atomic E-state index is 11.0. The Morgan fingerprint density at radius 3 is 2.06 bits per heavy atom. The van der Waals surface area contributed by atoms with Gasteiger partial charge in [-0.3, -0.25) is 0 Å². The van der Waals surface area contributed by atoms with E-state index in [0.717, 1.165) is 33.3 Å². The lowest BCUT2D eigenvalue weighted by Gasteiger charge is -2.05. The number of aromatic carboxylic acids is 1. The topological polar surface area (TPSA) is 125 Å². The van der Waals surface area contributed by atoms with E-state index in [1.165, 1.54) is 0 Å². The van der Waals surface area contributed by atoms with Crippen LogP contribution in [0, 0.1) is 0 Å². The molecule has 8 nitrogen and oxygen atoms in total. The minimum absolute atomic E-state index is 0.261. The number of H-pyrrole nitrogens is 1. The van der Waals surface area contributed by atoms with Crippen molar-refractivity contribution in [3.8, 4) is 28.1 Å². The number of halogens is 3. The zero-order chi connectivity index (χ0) is 24.2. The van der Waals surface area contributed by atoms with Crippen molar-refractivity contribution in [3.05, 3.63) is 66.6 Å². The van der Waals surface area contributed by atoms with Crippen molar-refractivity contribution in [1.82, 2.24) is 15.0 Å². The molecular weight excluding hydrogens is 443 g/mol. The Balaban J connectivity index is 0.000000383. The molecule has 3 aromatic heterocycles. The predicted octanol–water partition coefficient (Wildman–Crippen LogP) is 4.63. The lowest BCUT2D eigenvalue weighted by atomic mass is 10.0. The van der Waals surface area contributed by atoms with Crippen LogP contribution < -0.4 is 4.74 Å². The lowest BCUT2D eigenvalue weighted by molar-refractivity contribution is -0.192. The van der Waals surface area contributed by atoms with E-state index in [1.807, 2.05) is 24.4 Å². The highest BCUT2D eigenvalue weighted by Crippen LogP contribution is 2.31. The molecular formula is C22H16F3N3O5. The van der Waals surface area contributed by atoms with Gasteiger partial charge >= 0.3 is 18.1 Å². The third kappa shape index (κ3) is 5.45. The molecule has 3 N–H and O–H groups in total. The molecule has 11 heteroatoms. The predicted molar refractivity (Wildman–Crippen MR) is 112 cm³/mol. The summed E-state index contributed by atoms with van der Waals surface area (Å²) in [5.41, 5.74) is 4.80. The number of methoxy groups -OCH3 is 1. The van der Waals surface area contributed by atoms with Crippen molar-refractivity contribution in [2.24, 2.45) is 0 Å². The first kappa shape index (κ1) is 23.3. The number of fused-ring (bicyclic) bond motifs is 1. The Morgan fingerprint density at radius 2 is 1.55 bits per heavy atom. The summed E-state index contributed by atoms with van der Waals surface area (Å²) in [6.07, 6.45) is 0.332. The number of aromatic nitrogens is 3. The highest BCUT2D eigenvalue weighted by atomic mass is 19.4. The van der Waals surface area contributed by atoms with Gasteiger partial charge < -0.3 is 19.9 Å². The number of alkyl halides is 3. The molecule has 0 unspecified atom stereocenters. The number of aliphatic carboxylic acids is 1. The molecule has 0 aliphatic rings. The van der Waals surface area contributed by atoms with Crippen LogP contribution in [0.25, 0.3) is 33.3 Å². The van der Waals surface area contributed by atoms with E-state index in [0.29, 0.717) is 5.88 Å². The summed E-state index contributed by atoms with van der Waals surface area (Å²) in [5, 5.41) is 17.1. The minimum Gasteiger partial charge on any atom is -0.481 e. The average molecular weight is 459 g/mol. The van der Waals surface area contributed by atoms with Gasteiger partial charge in [-0.05, 0) is 29.8 Å². The Morgan fingerprint density at radius 1 is 0.939 bits per heavy atom. The van der Waals surface area contributed by atoms with E-state index in [4.69, 9.17) is 19.7 Å². The molecule has 1 aromatic carbocycles. The first-order chi connectivity index (χ1) is 15.6. The number of aromatic amines is 1. The van der Waals surface area contributed by atoms with E-state index in [1.54, 1.807) is 43.8 Å². The van der Waals surface area contributed by atoms with Crippen LogP contribution in [0.3, 0.4) is 0 Å². The highest BCUT2D eigenvalue weighted by Gasteiger charge is 2.38. The van der Waals surface area contributed by atoms with E-state index in [9.17, 15) is 18.0 Å². The molecule has 4 rings (SSSR count). The molecule has 0 aliphatic heterocycles. The van der Waals surface area contributed by atoms with Gasteiger partial charge in [0.1, 0.15) is 5.65 Å². The van der Waals surface area contributed by atoms with Gasteiger partial charge in [-0.1, -0.05) is 12.1 Å². The maximum atomic E-state index is 11.0. The van der Waals surface area contributed by atoms with Crippen LogP contribution in [0.1, 0.15) is 10.4 Å². The number of pyridine rings is 2. The number of ether oxygens (including phenoxy) is 1. The van der Waals surface area contributed by atoms with Crippen LogP contribution in [-0.4, -0.2) is 50.4 Å². The normalized spacial score (nSPS) is 10.9. The van der Waals surface area contributed by atoms with E-state index < -0.39 is 18.1 Å². The van der Waals surface area contributed by atoms with Crippen molar-refractivity contribution in [1.29, 1.82) is 0 Å². The molecule has 0 amide bonds. The summed E-state index contributed by atoms with van der Waals surface area (Å²) in [5.74, 6) is -3.14. The molecule has 0 bridgehead atoms. The van der Waals surface area contributed by atoms with Crippen molar-refractivity contribution in [2.75, 3.05) is 7.11 Å². The summed E-state index contributed by atoms with van der Waals surface area (Å²) in [4.78, 5) is 31.8. The molecule has 33 heavy (non-hydrogen) atoms. The number of carboxylic acid groups (broad SMARTS) is 2. The Labute approximate surface area is 184 Å². The molecule has 0 atom stereocenters. The zero-order valence-corrected chi connectivity index (χ0v) is 16.9. The fourth-order valence-electron chi connectivity index (χ4n) is 2.86.